The lowest BCUT2D eigenvalue weighted by Gasteiger charge is -2.03. The summed E-state index contributed by atoms with van der Waals surface area (Å²) in [6.45, 7) is 0. The minimum atomic E-state index is -4.28. The lowest BCUT2D eigenvalue weighted by atomic mass is 10.4. The van der Waals surface area contributed by atoms with Crippen LogP contribution in [0.15, 0.2) is 0 Å². The molecule has 2 atom stereocenters. The van der Waals surface area contributed by atoms with Crippen LogP contribution in [-0.4, -0.2) is 18.3 Å². The summed E-state index contributed by atoms with van der Waals surface area (Å²) in [4.78, 5) is 9.73. The Morgan fingerprint density at radius 2 is 2.00 bits per heavy atom. The van der Waals surface area contributed by atoms with Gasteiger partial charge in [-0.15, -0.1) is 0 Å². The molecule has 1 amide bonds. The molecule has 0 aromatic rings. The SMILES string of the molecule is [O]C(=O)N[C@H]1C[C@@H]1C(F)(F)F. The fourth-order valence-corrected chi connectivity index (χ4v) is 0.868. The molecule has 0 saturated heterocycles. The highest BCUT2D eigenvalue weighted by Crippen LogP contribution is 2.44. The van der Waals surface area contributed by atoms with Gasteiger partial charge in [-0.3, -0.25) is 0 Å². The molecule has 0 aromatic carbocycles. The van der Waals surface area contributed by atoms with Crippen LogP contribution >= 0.6 is 0 Å². The fourth-order valence-electron chi connectivity index (χ4n) is 0.868. The van der Waals surface area contributed by atoms with E-state index >= 15 is 0 Å². The summed E-state index contributed by atoms with van der Waals surface area (Å²) in [7, 11) is 0. The third-order valence-electron chi connectivity index (χ3n) is 1.51. The van der Waals surface area contributed by atoms with Crippen LogP contribution in [0.1, 0.15) is 6.42 Å². The molecule has 1 fully saturated rings. The number of alkyl halides is 3. The first-order chi connectivity index (χ1) is 4.91. The zero-order chi connectivity index (χ0) is 8.65. The fraction of sp³-hybridized carbons (Fsp3) is 0.800. The van der Waals surface area contributed by atoms with Gasteiger partial charge < -0.3 is 5.32 Å². The Bertz CT molecular complexity index is 179. The summed E-state index contributed by atoms with van der Waals surface area (Å²) in [5, 5.41) is 11.4. The molecule has 1 aliphatic carbocycles. The van der Waals surface area contributed by atoms with Crippen LogP contribution < -0.4 is 5.32 Å². The second-order valence-electron chi connectivity index (χ2n) is 2.42. The summed E-state index contributed by atoms with van der Waals surface area (Å²) >= 11 is 0. The summed E-state index contributed by atoms with van der Waals surface area (Å²) in [5.41, 5.74) is 0. The van der Waals surface area contributed by atoms with Gasteiger partial charge in [-0.25, -0.2) is 9.90 Å². The smallest absolute Gasteiger partial charge is 0.315 e. The van der Waals surface area contributed by atoms with E-state index < -0.39 is 24.2 Å². The molecule has 1 aliphatic rings. The van der Waals surface area contributed by atoms with Crippen LogP contribution in [0.3, 0.4) is 0 Å². The first kappa shape index (κ1) is 8.16. The monoisotopic (exact) mass is 168 g/mol. The molecule has 1 N–H and O–H groups in total. The Kier molecular flexibility index (Phi) is 1.69. The van der Waals surface area contributed by atoms with E-state index in [9.17, 15) is 23.1 Å². The Labute approximate surface area is 60.2 Å². The van der Waals surface area contributed by atoms with E-state index in [0.717, 1.165) is 0 Å². The van der Waals surface area contributed by atoms with Gasteiger partial charge in [0, 0.05) is 6.04 Å². The van der Waals surface area contributed by atoms with Crippen molar-refractivity contribution in [2.75, 3.05) is 0 Å². The standard InChI is InChI=1S/C5H5F3NO2/c6-5(7,8)2-1-3(2)9-4(10)11/h2-3,9H,1H2/t2-,3-/m0/s1. The number of carbonyl (C=O) groups excluding carboxylic acids is 1. The van der Waals surface area contributed by atoms with Crippen LogP contribution in [0.25, 0.3) is 0 Å². The van der Waals surface area contributed by atoms with Crippen LogP contribution in [0, 0.1) is 5.92 Å². The topological polar surface area (TPSA) is 49.0 Å². The van der Waals surface area contributed by atoms with E-state index in [2.05, 4.69) is 0 Å². The second kappa shape index (κ2) is 2.28. The van der Waals surface area contributed by atoms with Crippen molar-refractivity contribution in [1.29, 1.82) is 0 Å². The van der Waals surface area contributed by atoms with Gasteiger partial charge in [0.2, 0.25) is 0 Å². The Morgan fingerprint density at radius 3 is 2.27 bits per heavy atom. The summed E-state index contributed by atoms with van der Waals surface area (Å²) < 4.78 is 35.1. The first-order valence-corrected chi connectivity index (χ1v) is 2.95. The van der Waals surface area contributed by atoms with Gasteiger partial charge in [0.1, 0.15) is 0 Å². The van der Waals surface area contributed by atoms with Crippen molar-refractivity contribution in [3.63, 3.8) is 0 Å². The number of hydrogen-bond donors (Lipinski definition) is 1. The highest BCUT2D eigenvalue weighted by Gasteiger charge is 2.56. The molecule has 63 valence electrons. The Balaban J connectivity index is 2.32. The van der Waals surface area contributed by atoms with Gasteiger partial charge in [-0.2, -0.15) is 13.2 Å². The molecule has 0 unspecified atom stereocenters. The normalized spacial score (nSPS) is 29.7. The Morgan fingerprint density at radius 1 is 1.45 bits per heavy atom. The lowest BCUT2D eigenvalue weighted by molar-refractivity contribution is -0.148. The maximum atomic E-state index is 11.7. The highest BCUT2D eigenvalue weighted by atomic mass is 19.4. The molecule has 0 heterocycles. The number of carbonyl (C=O) groups is 1. The van der Waals surface area contributed by atoms with E-state index in [0.29, 0.717) is 0 Å². The summed E-state index contributed by atoms with van der Waals surface area (Å²) in [6, 6.07) is -0.986. The molecular formula is C5H5F3NO2. The van der Waals surface area contributed by atoms with Crippen molar-refractivity contribution >= 4 is 6.09 Å². The zero-order valence-electron chi connectivity index (χ0n) is 5.31. The predicted octanol–water partition coefficient (Wildman–Crippen LogP) is 1.08. The number of amides is 1. The van der Waals surface area contributed by atoms with E-state index in [-0.39, 0.29) is 6.42 Å². The summed E-state index contributed by atoms with van der Waals surface area (Å²) in [6.07, 6.45) is -6.10. The highest BCUT2D eigenvalue weighted by molar-refractivity contribution is 5.65. The molecule has 0 aliphatic heterocycles. The molecule has 6 heteroatoms. The van der Waals surface area contributed by atoms with Crippen molar-refractivity contribution in [2.24, 2.45) is 5.92 Å². The maximum Gasteiger partial charge on any atom is 0.450 e. The molecule has 0 bridgehead atoms. The van der Waals surface area contributed by atoms with Gasteiger partial charge >= 0.3 is 12.3 Å². The van der Waals surface area contributed by atoms with E-state index in [1.165, 1.54) is 0 Å². The number of nitrogens with one attached hydrogen (secondary N) is 1. The minimum absolute atomic E-state index is 0.169. The van der Waals surface area contributed by atoms with E-state index in [1.807, 2.05) is 0 Å². The predicted molar refractivity (Wildman–Crippen MR) is 27.2 cm³/mol. The van der Waals surface area contributed by atoms with Crippen molar-refractivity contribution in [1.82, 2.24) is 5.32 Å². The molecule has 3 nitrogen and oxygen atoms in total. The van der Waals surface area contributed by atoms with Gasteiger partial charge in [0.15, 0.2) is 0 Å². The molecule has 0 spiro atoms. The molecular weight excluding hydrogens is 163 g/mol. The van der Waals surface area contributed by atoms with Crippen molar-refractivity contribution in [3.05, 3.63) is 0 Å². The van der Waals surface area contributed by atoms with Crippen molar-refractivity contribution in [3.8, 4) is 0 Å². The quantitative estimate of drug-likeness (QED) is 0.625. The number of hydrogen-bond acceptors (Lipinski definition) is 1. The first-order valence-electron chi connectivity index (χ1n) is 2.95. The zero-order valence-corrected chi connectivity index (χ0v) is 5.31. The largest absolute Gasteiger partial charge is 0.450 e. The van der Waals surface area contributed by atoms with Gasteiger partial charge in [-0.1, -0.05) is 0 Å². The third kappa shape index (κ3) is 1.99. The van der Waals surface area contributed by atoms with Crippen molar-refractivity contribution < 1.29 is 23.1 Å². The van der Waals surface area contributed by atoms with Gasteiger partial charge in [0.05, 0.1) is 5.92 Å². The molecule has 1 saturated carbocycles. The van der Waals surface area contributed by atoms with Crippen LogP contribution in [0.2, 0.25) is 0 Å². The van der Waals surface area contributed by atoms with Crippen molar-refractivity contribution in [2.45, 2.75) is 18.6 Å². The average Bonchev–Trinajstić information content (AvgIpc) is 2.40. The molecule has 1 rings (SSSR count). The minimum Gasteiger partial charge on any atom is -0.315 e. The van der Waals surface area contributed by atoms with Gasteiger partial charge in [-0.05, 0) is 6.42 Å². The maximum absolute atomic E-state index is 11.7. The average molecular weight is 168 g/mol. The third-order valence-corrected chi connectivity index (χ3v) is 1.51. The molecule has 0 aromatic heterocycles. The van der Waals surface area contributed by atoms with Crippen LogP contribution in [0.5, 0.6) is 0 Å². The second-order valence-corrected chi connectivity index (χ2v) is 2.42. The van der Waals surface area contributed by atoms with Crippen LogP contribution in [-0.2, 0) is 5.11 Å². The Hall–Kier alpha value is -0.940. The number of halogens is 3. The van der Waals surface area contributed by atoms with E-state index in [4.69, 9.17) is 0 Å². The molecule has 1 radical (unpaired) electrons. The molecule has 11 heavy (non-hydrogen) atoms. The summed E-state index contributed by atoms with van der Waals surface area (Å²) in [5.74, 6) is -1.51. The van der Waals surface area contributed by atoms with Gasteiger partial charge in [0.25, 0.3) is 0 Å². The van der Waals surface area contributed by atoms with E-state index in [1.54, 1.807) is 5.32 Å². The lowest BCUT2D eigenvalue weighted by Crippen LogP contribution is -2.27. The van der Waals surface area contributed by atoms with Crippen LogP contribution in [0.4, 0.5) is 18.0 Å². The number of rotatable bonds is 1.